The van der Waals surface area contributed by atoms with E-state index in [1.54, 1.807) is 6.92 Å². The van der Waals surface area contributed by atoms with Crippen LogP contribution < -0.4 is 0 Å². The fourth-order valence-corrected chi connectivity index (χ4v) is 1.41. The Labute approximate surface area is 74.0 Å². The molecule has 0 aromatic heterocycles. The molecule has 1 aliphatic rings. The third kappa shape index (κ3) is 2.00. The molecule has 12 heavy (non-hydrogen) atoms. The van der Waals surface area contributed by atoms with Gasteiger partial charge >= 0.3 is 0 Å². The van der Waals surface area contributed by atoms with Gasteiger partial charge in [-0.3, -0.25) is 0 Å². The lowest BCUT2D eigenvalue weighted by molar-refractivity contribution is 0.0317. The van der Waals surface area contributed by atoms with Crippen molar-refractivity contribution in [3.63, 3.8) is 0 Å². The van der Waals surface area contributed by atoms with Crippen LogP contribution in [0.4, 0.5) is 0 Å². The molecule has 0 amide bonds. The summed E-state index contributed by atoms with van der Waals surface area (Å²) < 4.78 is 5.33. The fourth-order valence-electron chi connectivity index (χ4n) is 1.41. The molecule has 69 valence electrons. The van der Waals surface area contributed by atoms with E-state index in [1.807, 2.05) is 7.28 Å². The van der Waals surface area contributed by atoms with Gasteiger partial charge in [0.2, 0.25) is 0 Å². The highest BCUT2D eigenvalue weighted by molar-refractivity contribution is 6.37. The van der Waals surface area contributed by atoms with Crippen molar-refractivity contribution in [3.8, 4) is 0 Å². The molecule has 1 unspecified atom stereocenters. The minimum absolute atomic E-state index is 0.252. The summed E-state index contributed by atoms with van der Waals surface area (Å²) in [5.41, 5.74) is 0. The highest BCUT2D eigenvalue weighted by atomic mass is 16.5. The first kappa shape index (κ1) is 10.0. The van der Waals surface area contributed by atoms with Gasteiger partial charge in [0, 0.05) is 0 Å². The molecular formula is C8H16BO3. The summed E-state index contributed by atoms with van der Waals surface area (Å²) >= 11 is 0. The van der Waals surface area contributed by atoms with Crippen molar-refractivity contribution in [1.29, 1.82) is 0 Å². The lowest BCUT2D eigenvalue weighted by Gasteiger charge is -2.12. The molecule has 1 heterocycles. The van der Waals surface area contributed by atoms with Gasteiger partial charge in [-0.2, -0.15) is 0 Å². The maximum atomic E-state index is 9.45. The fraction of sp³-hybridized carbons (Fsp3) is 1.00. The SMILES string of the molecule is CCC[B][C@@H]1O[C@H](C)C(O)[C@@H]1O. The van der Waals surface area contributed by atoms with Crippen molar-refractivity contribution in [2.24, 2.45) is 0 Å². The molecule has 1 rings (SSSR count). The van der Waals surface area contributed by atoms with E-state index in [0.29, 0.717) is 0 Å². The lowest BCUT2D eigenvalue weighted by atomic mass is 9.65. The molecular weight excluding hydrogens is 155 g/mol. The van der Waals surface area contributed by atoms with Gasteiger partial charge in [0.05, 0.1) is 12.1 Å². The van der Waals surface area contributed by atoms with Crippen LogP contribution in [0.1, 0.15) is 20.3 Å². The predicted octanol–water partition coefficient (Wildman–Crippen LogP) is -0.0145. The van der Waals surface area contributed by atoms with Gasteiger partial charge in [-0.05, 0) is 6.92 Å². The Bertz CT molecular complexity index is 142. The van der Waals surface area contributed by atoms with Crippen molar-refractivity contribution in [2.45, 2.75) is 50.9 Å². The van der Waals surface area contributed by atoms with Gasteiger partial charge in [0.1, 0.15) is 12.2 Å². The molecule has 0 aromatic rings. The molecule has 0 bridgehead atoms. The standard InChI is InChI=1S/C8H16BO3/c1-3-4-9-8-7(11)6(10)5(2)12-8/h5-8,10-11H,3-4H2,1-2H3/t5-,6?,7+,8-/m1/s1. The van der Waals surface area contributed by atoms with E-state index in [9.17, 15) is 10.2 Å². The lowest BCUT2D eigenvalue weighted by Crippen LogP contribution is -2.34. The van der Waals surface area contributed by atoms with Crippen LogP contribution in [0.3, 0.4) is 0 Å². The zero-order valence-corrected chi connectivity index (χ0v) is 7.60. The van der Waals surface area contributed by atoms with Gasteiger partial charge in [-0.25, -0.2) is 0 Å². The molecule has 3 nitrogen and oxygen atoms in total. The highest BCUT2D eigenvalue weighted by Crippen LogP contribution is 2.20. The van der Waals surface area contributed by atoms with Gasteiger partial charge < -0.3 is 14.9 Å². The molecule has 2 N–H and O–H groups in total. The van der Waals surface area contributed by atoms with Crippen molar-refractivity contribution < 1.29 is 14.9 Å². The summed E-state index contributed by atoms with van der Waals surface area (Å²) in [6.45, 7) is 3.84. The number of rotatable bonds is 3. The first-order chi connectivity index (χ1) is 5.66. The average molecular weight is 171 g/mol. The van der Waals surface area contributed by atoms with E-state index in [0.717, 1.165) is 12.7 Å². The minimum atomic E-state index is -0.744. The quantitative estimate of drug-likeness (QED) is 0.587. The van der Waals surface area contributed by atoms with Crippen LogP contribution in [0, 0.1) is 0 Å². The Balaban J connectivity index is 2.36. The number of aliphatic hydroxyl groups excluding tert-OH is 2. The normalized spacial score (nSPS) is 41.7. The van der Waals surface area contributed by atoms with Crippen molar-refractivity contribution in [2.75, 3.05) is 0 Å². The minimum Gasteiger partial charge on any atom is -0.388 e. The summed E-state index contributed by atoms with van der Waals surface area (Å²) in [7, 11) is 1.93. The van der Waals surface area contributed by atoms with Crippen LogP contribution in [0.25, 0.3) is 0 Å². The van der Waals surface area contributed by atoms with Gasteiger partial charge in [-0.1, -0.05) is 19.7 Å². The van der Waals surface area contributed by atoms with Crippen LogP contribution in [-0.4, -0.2) is 41.8 Å². The van der Waals surface area contributed by atoms with Crippen LogP contribution in [0.15, 0.2) is 0 Å². The number of ether oxygens (including phenoxy) is 1. The maximum Gasteiger partial charge on any atom is 0.153 e. The van der Waals surface area contributed by atoms with Crippen molar-refractivity contribution in [3.05, 3.63) is 0 Å². The van der Waals surface area contributed by atoms with E-state index in [4.69, 9.17) is 4.74 Å². The Hall–Kier alpha value is -0.0551. The molecule has 1 aliphatic heterocycles. The second-order valence-electron chi connectivity index (χ2n) is 3.31. The zero-order chi connectivity index (χ0) is 9.14. The third-order valence-corrected chi connectivity index (χ3v) is 2.23. The Morgan fingerprint density at radius 3 is 2.42 bits per heavy atom. The molecule has 0 spiro atoms. The van der Waals surface area contributed by atoms with Crippen LogP contribution >= 0.6 is 0 Å². The van der Waals surface area contributed by atoms with E-state index >= 15 is 0 Å². The van der Waals surface area contributed by atoms with Crippen LogP contribution in [-0.2, 0) is 4.74 Å². The first-order valence-corrected chi connectivity index (χ1v) is 4.51. The number of aliphatic hydroxyl groups is 2. The Morgan fingerprint density at radius 2 is 2.00 bits per heavy atom. The second kappa shape index (κ2) is 4.26. The van der Waals surface area contributed by atoms with Gasteiger partial charge in [0.15, 0.2) is 7.28 Å². The average Bonchev–Trinajstić information content (AvgIpc) is 2.30. The smallest absolute Gasteiger partial charge is 0.153 e. The molecule has 1 radical (unpaired) electrons. The third-order valence-electron chi connectivity index (χ3n) is 2.23. The van der Waals surface area contributed by atoms with E-state index in [-0.39, 0.29) is 12.1 Å². The maximum absolute atomic E-state index is 9.45. The summed E-state index contributed by atoms with van der Waals surface area (Å²) in [5.74, 6) is 0. The molecule has 0 saturated carbocycles. The summed E-state index contributed by atoms with van der Waals surface area (Å²) in [6, 6.07) is -0.282. The topological polar surface area (TPSA) is 49.7 Å². The summed E-state index contributed by atoms with van der Waals surface area (Å²) in [6.07, 6.45) is 0.228. The van der Waals surface area contributed by atoms with E-state index in [1.165, 1.54) is 0 Å². The number of hydrogen-bond acceptors (Lipinski definition) is 3. The zero-order valence-electron chi connectivity index (χ0n) is 7.60. The first-order valence-electron chi connectivity index (χ1n) is 4.51. The van der Waals surface area contributed by atoms with Crippen molar-refractivity contribution >= 4 is 7.28 Å². The molecule has 4 heteroatoms. The van der Waals surface area contributed by atoms with Crippen LogP contribution in [0.5, 0.6) is 0 Å². The Morgan fingerprint density at radius 1 is 1.33 bits per heavy atom. The predicted molar refractivity (Wildman–Crippen MR) is 47.2 cm³/mol. The highest BCUT2D eigenvalue weighted by Gasteiger charge is 2.39. The Kier molecular flexibility index (Phi) is 3.56. The van der Waals surface area contributed by atoms with Crippen molar-refractivity contribution in [1.82, 2.24) is 0 Å². The van der Waals surface area contributed by atoms with Gasteiger partial charge in [-0.15, -0.1) is 0 Å². The largest absolute Gasteiger partial charge is 0.388 e. The summed E-state index contributed by atoms with van der Waals surface area (Å²) in [5, 5.41) is 18.8. The molecule has 1 saturated heterocycles. The monoisotopic (exact) mass is 171 g/mol. The summed E-state index contributed by atoms with van der Waals surface area (Å²) in [4.78, 5) is 0. The van der Waals surface area contributed by atoms with Gasteiger partial charge in [0.25, 0.3) is 0 Å². The van der Waals surface area contributed by atoms with E-state index in [2.05, 4.69) is 6.92 Å². The molecule has 4 atom stereocenters. The molecule has 0 aliphatic carbocycles. The molecule has 1 fully saturated rings. The molecule has 0 aromatic carbocycles. The van der Waals surface area contributed by atoms with Crippen LogP contribution in [0.2, 0.25) is 6.32 Å². The second-order valence-corrected chi connectivity index (χ2v) is 3.31. The number of hydrogen-bond donors (Lipinski definition) is 2. The van der Waals surface area contributed by atoms with E-state index < -0.39 is 12.2 Å².